The van der Waals surface area contributed by atoms with E-state index in [0.29, 0.717) is 49.8 Å². The molecule has 1 unspecified atom stereocenters. The summed E-state index contributed by atoms with van der Waals surface area (Å²) in [5, 5.41) is 3.21. The van der Waals surface area contributed by atoms with E-state index in [4.69, 9.17) is 9.47 Å². The largest absolute Gasteiger partial charge is 0.490 e. The molecule has 1 atom stereocenters. The summed E-state index contributed by atoms with van der Waals surface area (Å²) in [6, 6.07) is 12.6. The van der Waals surface area contributed by atoms with E-state index in [0.717, 1.165) is 23.3 Å². The third kappa shape index (κ3) is 5.39. The first-order chi connectivity index (χ1) is 16.3. The molecule has 1 N–H and O–H groups in total. The van der Waals surface area contributed by atoms with Gasteiger partial charge in [0, 0.05) is 25.4 Å². The third-order valence-electron chi connectivity index (χ3n) is 6.58. The Morgan fingerprint density at radius 3 is 2.29 bits per heavy atom. The Labute approximate surface area is 202 Å². The second kappa shape index (κ2) is 10.4. The summed E-state index contributed by atoms with van der Waals surface area (Å²) >= 11 is 0. The van der Waals surface area contributed by atoms with Gasteiger partial charge in [-0.15, -0.1) is 0 Å². The molecule has 2 aromatic carbocycles. The summed E-state index contributed by atoms with van der Waals surface area (Å²) in [7, 11) is -3.54. The van der Waals surface area contributed by atoms with Crippen LogP contribution in [0.25, 0.3) is 0 Å². The fourth-order valence-electron chi connectivity index (χ4n) is 4.50. The van der Waals surface area contributed by atoms with Crippen LogP contribution in [0.5, 0.6) is 11.5 Å². The van der Waals surface area contributed by atoms with Gasteiger partial charge in [0.1, 0.15) is 0 Å². The first-order valence-corrected chi connectivity index (χ1v) is 13.5. The average Bonchev–Trinajstić information content (AvgIpc) is 3.07. The van der Waals surface area contributed by atoms with Crippen molar-refractivity contribution >= 4 is 15.9 Å². The number of hydrogen-bond donors (Lipinski definition) is 1. The Morgan fingerprint density at radius 1 is 1.00 bits per heavy atom. The number of hydrogen-bond acceptors (Lipinski definition) is 5. The van der Waals surface area contributed by atoms with Crippen LogP contribution in [0, 0.1) is 18.8 Å². The number of rotatable bonds is 6. The smallest absolute Gasteiger partial charge is 0.243 e. The highest BCUT2D eigenvalue weighted by molar-refractivity contribution is 7.89. The second-order valence-corrected chi connectivity index (χ2v) is 11.4. The minimum atomic E-state index is -3.54. The van der Waals surface area contributed by atoms with Crippen LogP contribution in [0.4, 0.5) is 0 Å². The van der Waals surface area contributed by atoms with Gasteiger partial charge in [-0.25, -0.2) is 8.42 Å². The van der Waals surface area contributed by atoms with Gasteiger partial charge in [0.05, 0.1) is 24.2 Å². The van der Waals surface area contributed by atoms with Gasteiger partial charge in [-0.3, -0.25) is 4.79 Å². The minimum absolute atomic E-state index is 0.0294. The summed E-state index contributed by atoms with van der Waals surface area (Å²) in [5.41, 5.74) is 1.99. The van der Waals surface area contributed by atoms with Crippen LogP contribution in [0.15, 0.2) is 47.4 Å². The number of aryl methyl sites for hydroxylation is 1. The lowest BCUT2D eigenvalue weighted by Gasteiger charge is -2.32. The molecule has 7 nitrogen and oxygen atoms in total. The molecule has 1 fully saturated rings. The molecule has 0 bridgehead atoms. The molecule has 0 aromatic heterocycles. The van der Waals surface area contributed by atoms with Crippen molar-refractivity contribution in [2.45, 2.75) is 51.0 Å². The highest BCUT2D eigenvalue weighted by Gasteiger charge is 2.33. The number of fused-ring (bicyclic) bond motifs is 1. The molecule has 2 aliphatic rings. The van der Waals surface area contributed by atoms with Crippen molar-refractivity contribution < 1.29 is 22.7 Å². The van der Waals surface area contributed by atoms with E-state index in [1.807, 2.05) is 25.1 Å². The van der Waals surface area contributed by atoms with E-state index >= 15 is 0 Å². The van der Waals surface area contributed by atoms with Crippen LogP contribution in [-0.4, -0.2) is 44.9 Å². The normalized spacial score (nSPS) is 18.4. The Morgan fingerprint density at radius 2 is 1.65 bits per heavy atom. The lowest BCUT2D eigenvalue weighted by Crippen LogP contribution is -2.44. The molecule has 2 heterocycles. The number of amides is 1. The van der Waals surface area contributed by atoms with Crippen LogP contribution >= 0.6 is 0 Å². The zero-order chi connectivity index (χ0) is 24.3. The van der Waals surface area contributed by atoms with Crippen molar-refractivity contribution in [3.05, 3.63) is 53.6 Å². The fourth-order valence-corrected chi connectivity index (χ4v) is 5.97. The van der Waals surface area contributed by atoms with E-state index < -0.39 is 10.0 Å². The molecule has 8 heteroatoms. The molecule has 4 rings (SSSR count). The van der Waals surface area contributed by atoms with Gasteiger partial charge in [0.2, 0.25) is 15.9 Å². The van der Waals surface area contributed by atoms with Crippen LogP contribution in [0.2, 0.25) is 0 Å². The average molecular weight is 487 g/mol. The van der Waals surface area contributed by atoms with Crippen molar-refractivity contribution in [3.8, 4) is 11.5 Å². The van der Waals surface area contributed by atoms with Crippen LogP contribution in [0.3, 0.4) is 0 Å². The second-order valence-electron chi connectivity index (χ2n) is 9.48. The fraction of sp³-hybridized carbons (Fsp3) is 0.500. The van der Waals surface area contributed by atoms with Gasteiger partial charge in [-0.05, 0) is 55.5 Å². The van der Waals surface area contributed by atoms with Crippen LogP contribution in [0.1, 0.15) is 50.3 Å². The minimum Gasteiger partial charge on any atom is -0.490 e. The number of ether oxygens (including phenoxy) is 2. The third-order valence-corrected chi connectivity index (χ3v) is 8.49. The van der Waals surface area contributed by atoms with Crippen LogP contribution in [-0.2, 0) is 14.8 Å². The topological polar surface area (TPSA) is 84.9 Å². The molecule has 0 saturated carbocycles. The zero-order valence-corrected chi connectivity index (χ0v) is 20.9. The summed E-state index contributed by atoms with van der Waals surface area (Å²) in [6.07, 6.45) is 1.85. The first-order valence-electron chi connectivity index (χ1n) is 12.0. The Balaban J connectivity index is 1.40. The maximum absolute atomic E-state index is 13.2. The van der Waals surface area contributed by atoms with Crippen molar-refractivity contribution in [2.75, 3.05) is 26.3 Å². The molecule has 1 saturated heterocycles. The van der Waals surface area contributed by atoms with Crippen molar-refractivity contribution in [3.63, 3.8) is 0 Å². The van der Waals surface area contributed by atoms with Crippen molar-refractivity contribution in [1.82, 2.24) is 9.62 Å². The highest BCUT2D eigenvalue weighted by atomic mass is 32.2. The van der Waals surface area contributed by atoms with Crippen molar-refractivity contribution in [2.24, 2.45) is 11.8 Å². The molecule has 1 amide bonds. The van der Waals surface area contributed by atoms with Gasteiger partial charge in [0.15, 0.2) is 11.5 Å². The SMILES string of the molecule is Cc1ccc(S(=O)(=O)N2CCC(C(=O)NC(c3ccc4c(c3)OCCCO4)C(C)C)CC2)cc1. The van der Waals surface area contributed by atoms with Gasteiger partial charge in [0.25, 0.3) is 0 Å². The number of nitrogens with zero attached hydrogens (tertiary/aromatic N) is 1. The molecule has 0 aliphatic carbocycles. The van der Waals surface area contributed by atoms with Gasteiger partial charge < -0.3 is 14.8 Å². The molecule has 0 radical (unpaired) electrons. The predicted octanol–water partition coefficient (Wildman–Crippen LogP) is 4.07. The number of carbonyl (C=O) groups excluding carboxylic acids is 1. The molecule has 0 spiro atoms. The van der Waals surface area contributed by atoms with E-state index in [1.165, 1.54) is 4.31 Å². The van der Waals surface area contributed by atoms with Gasteiger partial charge in [-0.2, -0.15) is 4.31 Å². The Kier molecular flexibility index (Phi) is 7.48. The molecule has 2 aliphatic heterocycles. The maximum atomic E-state index is 13.2. The Hall–Kier alpha value is -2.58. The van der Waals surface area contributed by atoms with E-state index in [9.17, 15) is 13.2 Å². The molecular formula is C26H34N2O5S. The number of nitrogens with one attached hydrogen (secondary N) is 1. The zero-order valence-electron chi connectivity index (χ0n) is 20.1. The lowest BCUT2D eigenvalue weighted by molar-refractivity contribution is -0.127. The predicted molar refractivity (Wildman–Crippen MR) is 130 cm³/mol. The molecular weight excluding hydrogens is 452 g/mol. The molecule has 2 aromatic rings. The number of benzene rings is 2. The van der Waals surface area contributed by atoms with E-state index in [-0.39, 0.29) is 23.8 Å². The summed E-state index contributed by atoms with van der Waals surface area (Å²) < 4.78 is 39.0. The van der Waals surface area contributed by atoms with Gasteiger partial charge >= 0.3 is 0 Å². The first kappa shape index (κ1) is 24.5. The lowest BCUT2D eigenvalue weighted by atomic mass is 9.92. The van der Waals surface area contributed by atoms with Crippen LogP contribution < -0.4 is 14.8 Å². The summed E-state index contributed by atoms with van der Waals surface area (Å²) in [4.78, 5) is 13.5. The monoisotopic (exact) mass is 486 g/mol. The van der Waals surface area contributed by atoms with E-state index in [2.05, 4.69) is 19.2 Å². The van der Waals surface area contributed by atoms with Crippen molar-refractivity contribution in [1.29, 1.82) is 0 Å². The summed E-state index contributed by atoms with van der Waals surface area (Å²) in [5.74, 6) is 1.38. The molecule has 184 valence electrons. The van der Waals surface area contributed by atoms with E-state index in [1.54, 1.807) is 24.3 Å². The number of carbonyl (C=O) groups is 1. The van der Waals surface area contributed by atoms with Gasteiger partial charge in [-0.1, -0.05) is 37.6 Å². The summed E-state index contributed by atoms with van der Waals surface area (Å²) in [6.45, 7) is 8.00. The maximum Gasteiger partial charge on any atom is 0.243 e. The standard InChI is InChI=1S/C26H34N2O5S/c1-18(2)25(21-7-10-23-24(17-21)33-16-4-15-32-23)27-26(29)20-11-13-28(14-12-20)34(30,31)22-8-5-19(3)6-9-22/h5-10,17-18,20,25H,4,11-16H2,1-3H3,(H,27,29). The number of sulfonamides is 1. The quantitative estimate of drug-likeness (QED) is 0.665. The molecule has 34 heavy (non-hydrogen) atoms. The Bertz CT molecular complexity index is 1110. The highest BCUT2D eigenvalue weighted by Crippen LogP contribution is 2.34. The number of piperidine rings is 1.